The van der Waals surface area contributed by atoms with Gasteiger partial charge in [-0.3, -0.25) is 4.79 Å². The number of amides is 1. The molecule has 0 unspecified atom stereocenters. The molecule has 0 aliphatic rings. The van der Waals surface area contributed by atoms with E-state index in [-0.39, 0.29) is 17.2 Å². The van der Waals surface area contributed by atoms with Gasteiger partial charge in [0.25, 0.3) is 5.22 Å². The van der Waals surface area contributed by atoms with Gasteiger partial charge in [-0.05, 0) is 44.5 Å². The van der Waals surface area contributed by atoms with Gasteiger partial charge in [-0.25, -0.2) is 0 Å². The van der Waals surface area contributed by atoms with Crippen LogP contribution in [-0.2, 0) is 11.3 Å². The maximum absolute atomic E-state index is 13.0. The van der Waals surface area contributed by atoms with Gasteiger partial charge in [0.15, 0.2) is 11.5 Å². The topological polar surface area (TPSA) is 77.7 Å². The molecule has 1 aromatic heterocycles. The molecule has 1 heterocycles. The lowest BCUT2D eigenvalue weighted by atomic mass is 10.0. The van der Waals surface area contributed by atoms with Gasteiger partial charge in [0.1, 0.15) is 0 Å². The predicted octanol–water partition coefficient (Wildman–Crippen LogP) is 4.67. The maximum atomic E-state index is 13.0. The first-order valence-corrected chi connectivity index (χ1v) is 10.8. The van der Waals surface area contributed by atoms with Gasteiger partial charge in [0.2, 0.25) is 11.8 Å². The van der Waals surface area contributed by atoms with Crippen LogP contribution in [0.2, 0.25) is 0 Å². The van der Waals surface area contributed by atoms with Crippen LogP contribution in [0.25, 0.3) is 11.5 Å². The molecule has 0 fully saturated rings. The van der Waals surface area contributed by atoms with Gasteiger partial charge in [-0.1, -0.05) is 42.1 Å². The van der Waals surface area contributed by atoms with E-state index >= 15 is 0 Å². The van der Waals surface area contributed by atoms with Crippen molar-refractivity contribution in [1.82, 2.24) is 15.1 Å². The second-order valence-corrected chi connectivity index (χ2v) is 8.79. The summed E-state index contributed by atoms with van der Waals surface area (Å²) in [5.41, 5.74) is 1.49. The summed E-state index contributed by atoms with van der Waals surface area (Å²) in [6.07, 6.45) is 0. The van der Waals surface area contributed by atoms with E-state index in [4.69, 9.17) is 13.9 Å². The standard InChI is InChI=1S/C23H27N3O4S/c1-23(2,3)26(14-16-9-7-6-8-10-16)20(27)15-31-22-25-24-21(30-22)17-11-12-18(28-4)19(13-17)29-5/h6-13H,14-15H2,1-5H3. The molecular weight excluding hydrogens is 414 g/mol. The van der Waals surface area contributed by atoms with E-state index in [1.165, 1.54) is 11.8 Å². The lowest BCUT2D eigenvalue weighted by molar-refractivity contribution is -0.133. The first-order chi connectivity index (χ1) is 14.8. The number of aromatic nitrogens is 2. The largest absolute Gasteiger partial charge is 0.493 e. The van der Waals surface area contributed by atoms with E-state index in [2.05, 4.69) is 10.2 Å². The van der Waals surface area contributed by atoms with Crippen LogP contribution in [0.5, 0.6) is 11.5 Å². The third-order valence-corrected chi connectivity index (χ3v) is 5.45. The highest BCUT2D eigenvalue weighted by atomic mass is 32.2. The lowest BCUT2D eigenvalue weighted by Crippen LogP contribution is -2.45. The minimum Gasteiger partial charge on any atom is -0.493 e. The van der Waals surface area contributed by atoms with Crippen LogP contribution in [0, 0.1) is 0 Å². The molecule has 31 heavy (non-hydrogen) atoms. The summed E-state index contributed by atoms with van der Waals surface area (Å²) < 4.78 is 16.3. The van der Waals surface area contributed by atoms with Gasteiger partial charge in [0.05, 0.1) is 20.0 Å². The van der Waals surface area contributed by atoms with Crippen molar-refractivity contribution in [1.29, 1.82) is 0 Å². The van der Waals surface area contributed by atoms with E-state index in [9.17, 15) is 4.79 Å². The van der Waals surface area contributed by atoms with Crippen molar-refractivity contribution >= 4 is 17.7 Å². The Morgan fingerprint density at radius 1 is 1.03 bits per heavy atom. The lowest BCUT2D eigenvalue weighted by Gasteiger charge is -2.35. The van der Waals surface area contributed by atoms with Crippen LogP contribution >= 0.6 is 11.8 Å². The molecule has 0 aliphatic heterocycles. The van der Waals surface area contributed by atoms with Crippen LogP contribution in [0.4, 0.5) is 0 Å². The average molecular weight is 442 g/mol. The zero-order valence-electron chi connectivity index (χ0n) is 18.4. The van der Waals surface area contributed by atoms with Gasteiger partial charge < -0.3 is 18.8 Å². The van der Waals surface area contributed by atoms with Crippen molar-refractivity contribution in [2.24, 2.45) is 0 Å². The number of hydrogen-bond donors (Lipinski definition) is 0. The zero-order valence-corrected chi connectivity index (χ0v) is 19.2. The number of benzene rings is 2. The number of hydrogen-bond acceptors (Lipinski definition) is 7. The van der Waals surface area contributed by atoms with Gasteiger partial charge >= 0.3 is 0 Å². The van der Waals surface area contributed by atoms with Crippen molar-refractivity contribution in [3.63, 3.8) is 0 Å². The molecule has 164 valence electrons. The molecule has 0 N–H and O–H groups in total. The second-order valence-electron chi connectivity index (χ2n) is 7.87. The van der Waals surface area contributed by atoms with Crippen molar-refractivity contribution in [2.75, 3.05) is 20.0 Å². The summed E-state index contributed by atoms with van der Waals surface area (Å²) in [6, 6.07) is 15.3. The third kappa shape index (κ3) is 5.79. The van der Waals surface area contributed by atoms with E-state index in [0.717, 1.165) is 5.56 Å². The van der Waals surface area contributed by atoms with Crippen molar-refractivity contribution in [3.8, 4) is 23.0 Å². The quantitative estimate of drug-likeness (QED) is 0.470. The van der Waals surface area contributed by atoms with Crippen LogP contribution in [0.1, 0.15) is 26.3 Å². The van der Waals surface area contributed by atoms with Crippen molar-refractivity contribution < 1.29 is 18.7 Å². The first kappa shape index (κ1) is 22.7. The highest BCUT2D eigenvalue weighted by Crippen LogP contribution is 2.32. The molecule has 3 aromatic rings. The maximum Gasteiger partial charge on any atom is 0.277 e. The summed E-state index contributed by atoms with van der Waals surface area (Å²) in [5.74, 6) is 1.76. The van der Waals surface area contributed by atoms with E-state index in [1.54, 1.807) is 26.4 Å². The third-order valence-electron chi connectivity index (χ3n) is 4.65. The molecule has 0 aliphatic carbocycles. The summed E-state index contributed by atoms with van der Waals surface area (Å²) in [7, 11) is 3.15. The predicted molar refractivity (Wildman–Crippen MR) is 120 cm³/mol. The zero-order chi connectivity index (χ0) is 22.4. The highest BCUT2D eigenvalue weighted by molar-refractivity contribution is 7.99. The van der Waals surface area contributed by atoms with Gasteiger partial charge in [0, 0.05) is 17.6 Å². The highest BCUT2D eigenvalue weighted by Gasteiger charge is 2.27. The Labute approximate surface area is 186 Å². The fourth-order valence-electron chi connectivity index (χ4n) is 3.02. The van der Waals surface area contributed by atoms with Crippen LogP contribution in [0.3, 0.4) is 0 Å². The van der Waals surface area contributed by atoms with Gasteiger partial charge in [-0.2, -0.15) is 0 Å². The van der Waals surface area contributed by atoms with Crippen LogP contribution < -0.4 is 9.47 Å². The van der Waals surface area contributed by atoms with E-state index in [0.29, 0.717) is 34.7 Å². The average Bonchev–Trinajstić information content (AvgIpc) is 3.24. The second kappa shape index (κ2) is 9.87. The van der Waals surface area contributed by atoms with E-state index < -0.39 is 0 Å². The monoisotopic (exact) mass is 441 g/mol. The molecular formula is C23H27N3O4S. The molecule has 7 nitrogen and oxygen atoms in total. The SMILES string of the molecule is COc1ccc(-c2nnc(SCC(=O)N(Cc3ccccc3)C(C)(C)C)o2)cc1OC. The molecule has 3 rings (SSSR count). The summed E-state index contributed by atoms with van der Waals surface area (Å²) in [6.45, 7) is 6.63. The van der Waals surface area contributed by atoms with Crippen molar-refractivity contribution in [2.45, 2.75) is 38.1 Å². The minimum atomic E-state index is -0.312. The number of thioether (sulfide) groups is 1. The fourth-order valence-corrected chi connectivity index (χ4v) is 3.66. The number of carbonyl (C=O) groups excluding carboxylic acids is 1. The minimum absolute atomic E-state index is 0.00668. The number of nitrogens with zero attached hydrogens (tertiary/aromatic N) is 3. The van der Waals surface area contributed by atoms with E-state index in [1.807, 2.05) is 62.1 Å². The Bertz CT molecular complexity index is 1020. The molecule has 8 heteroatoms. The smallest absolute Gasteiger partial charge is 0.277 e. The molecule has 0 atom stereocenters. The number of methoxy groups -OCH3 is 2. The Hall–Kier alpha value is -3.00. The first-order valence-electron chi connectivity index (χ1n) is 9.85. The Morgan fingerprint density at radius 2 is 1.74 bits per heavy atom. The molecule has 1 amide bonds. The molecule has 0 saturated carbocycles. The van der Waals surface area contributed by atoms with Crippen molar-refractivity contribution in [3.05, 3.63) is 54.1 Å². The van der Waals surface area contributed by atoms with Crippen LogP contribution in [-0.4, -0.2) is 46.5 Å². The molecule has 0 bridgehead atoms. The molecule has 0 spiro atoms. The fraction of sp³-hybridized carbons (Fsp3) is 0.348. The Balaban J connectivity index is 1.68. The Morgan fingerprint density at radius 3 is 2.39 bits per heavy atom. The van der Waals surface area contributed by atoms with Crippen LogP contribution in [0.15, 0.2) is 58.2 Å². The summed E-state index contributed by atoms with van der Waals surface area (Å²) in [4.78, 5) is 14.8. The molecule has 2 aromatic carbocycles. The molecule has 0 radical (unpaired) electrons. The molecule has 0 saturated heterocycles. The Kier molecular flexibility index (Phi) is 7.22. The normalized spacial score (nSPS) is 11.3. The number of carbonyl (C=O) groups is 1. The summed E-state index contributed by atoms with van der Waals surface area (Å²) >= 11 is 1.23. The van der Waals surface area contributed by atoms with Gasteiger partial charge in [-0.15, -0.1) is 10.2 Å². The number of ether oxygens (including phenoxy) is 2. The number of rotatable bonds is 8. The summed E-state index contributed by atoms with van der Waals surface area (Å²) in [5, 5.41) is 8.51.